The highest BCUT2D eigenvalue weighted by Crippen LogP contribution is 2.33. The fourth-order valence-corrected chi connectivity index (χ4v) is 4.12. The third-order valence-electron chi connectivity index (χ3n) is 5.76. The first-order valence-electron chi connectivity index (χ1n) is 10.2. The van der Waals surface area contributed by atoms with Crippen molar-refractivity contribution in [2.45, 2.75) is 32.1 Å². The third kappa shape index (κ3) is 4.36. The number of halogens is 1. The molecule has 1 fully saturated rings. The molecule has 3 heterocycles. The number of rotatable bonds is 4. The van der Waals surface area contributed by atoms with Gasteiger partial charge >= 0.3 is 0 Å². The van der Waals surface area contributed by atoms with Gasteiger partial charge in [0, 0.05) is 24.5 Å². The van der Waals surface area contributed by atoms with Crippen LogP contribution in [0.5, 0.6) is 5.75 Å². The third-order valence-corrected chi connectivity index (χ3v) is 5.99. The highest BCUT2D eigenvalue weighted by atomic mass is 35.5. The summed E-state index contributed by atoms with van der Waals surface area (Å²) in [5.41, 5.74) is 0.0695. The van der Waals surface area contributed by atoms with Gasteiger partial charge in [0.2, 0.25) is 17.8 Å². The average Bonchev–Trinajstić information content (AvgIpc) is 2.73. The number of anilines is 3. The predicted octanol–water partition coefficient (Wildman–Crippen LogP) is 2.73. The number of amides is 2. The first-order valence-corrected chi connectivity index (χ1v) is 10.6. The molecular weight excluding hydrogens is 422 g/mol. The summed E-state index contributed by atoms with van der Waals surface area (Å²) in [7, 11) is 1.47. The van der Waals surface area contributed by atoms with E-state index in [-0.39, 0.29) is 23.7 Å². The summed E-state index contributed by atoms with van der Waals surface area (Å²) >= 11 is 6.03. The van der Waals surface area contributed by atoms with Gasteiger partial charge in [0.1, 0.15) is 11.6 Å². The van der Waals surface area contributed by atoms with Gasteiger partial charge < -0.3 is 20.3 Å². The van der Waals surface area contributed by atoms with E-state index in [1.807, 2.05) is 4.90 Å². The minimum absolute atomic E-state index is 0.131. The molecule has 0 spiro atoms. The molecule has 31 heavy (non-hydrogen) atoms. The monoisotopic (exact) mass is 445 g/mol. The van der Waals surface area contributed by atoms with Crippen molar-refractivity contribution in [3.8, 4) is 5.75 Å². The highest BCUT2D eigenvalue weighted by Gasteiger charge is 2.35. The van der Waals surface area contributed by atoms with E-state index in [1.54, 1.807) is 18.2 Å². The van der Waals surface area contributed by atoms with E-state index in [2.05, 4.69) is 27.5 Å². The molecule has 0 bridgehead atoms. The lowest BCUT2D eigenvalue weighted by molar-refractivity contribution is -0.123. The molecule has 4 rings (SSSR count). The van der Waals surface area contributed by atoms with Gasteiger partial charge in [-0.25, -0.2) is 0 Å². The number of methoxy groups -OCH3 is 1. The van der Waals surface area contributed by atoms with Crippen molar-refractivity contribution in [1.82, 2.24) is 9.97 Å². The van der Waals surface area contributed by atoms with Crippen LogP contribution in [0, 0.1) is 5.92 Å². The number of hydrogen-bond donors (Lipinski definition) is 3. The number of hydrogen-bond acceptors (Lipinski definition) is 6. The summed E-state index contributed by atoms with van der Waals surface area (Å²) < 4.78 is 5.25. The first-order chi connectivity index (χ1) is 14.9. The number of carbonyl (C=O) groups is 2. The van der Waals surface area contributed by atoms with Crippen molar-refractivity contribution in [1.29, 1.82) is 0 Å². The van der Waals surface area contributed by atoms with Gasteiger partial charge in [-0.2, -0.15) is 4.98 Å². The molecule has 2 aliphatic rings. The minimum Gasteiger partial charge on any atom is -0.495 e. The van der Waals surface area contributed by atoms with E-state index in [4.69, 9.17) is 16.3 Å². The fourth-order valence-electron chi connectivity index (χ4n) is 3.95. The van der Waals surface area contributed by atoms with Crippen molar-refractivity contribution in [2.75, 3.05) is 35.7 Å². The Bertz CT molecular complexity index is 1080. The number of piperidine rings is 1. The zero-order valence-electron chi connectivity index (χ0n) is 17.3. The van der Waals surface area contributed by atoms with Crippen molar-refractivity contribution in [3.63, 3.8) is 0 Å². The van der Waals surface area contributed by atoms with Crippen LogP contribution in [0.15, 0.2) is 23.0 Å². The molecule has 1 saturated heterocycles. The van der Waals surface area contributed by atoms with Crippen molar-refractivity contribution in [3.05, 3.63) is 39.1 Å². The van der Waals surface area contributed by atoms with Crippen LogP contribution in [-0.2, 0) is 9.59 Å². The van der Waals surface area contributed by atoms with Gasteiger partial charge in [-0.1, -0.05) is 18.5 Å². The van der Waals surface area contributed by atoms with Crippen LogP contribution in [0.3, 0.4) is 0 Å². The lowest BCUT2D eigenvalue weighted by Gasteiger charge is -2.31. The van der Waals surface area contributed by atoms with Gasteiger partial charge in [-0.15, -0.1) is 0 Å². The molecule has 2 aliphatic heterocycles. The number of H-pyrrole nitrogens is 1. The molecule has 0 saturated carbocycles. The van der Waals surface area contributed by atoms with Crippen LogP contribution >= 0.6 is 11.6 Å². The summed E-state index contributed by atoms with van der Waals surface area (Å²) in [5.74, 6) is -0.290. The zero-order chi connectivity index (χ0) is 22.1. The molecule has 2 aromatic rings. The normalized spacial score (nSPS) is 18.9. The molecule has 0 radical (unpaired) electrons. The Morgan fingerprint density at radius 1 is 1.29 bits per heavy atom. The maximum Gasteiger partial charge on any atom is 0.258 e. The summed E-state index contributed by atoms with van der Waals surface area (Å²) in [6.45, 7) is 3.74. The van der Waals surface area contributed by atoms with E-state index >= 15 is 0 Å². The lowest BCUT2D eigenvalue weighted by atomic mass is 9.92. The number of benzene rings is 1. The maximum atomic E-state index is 13.0. The summed E-state index contributed by atoms with van der Waals surface area (Å²) in [5, 5.41) is 5.79. The van der Waals surface area contributed by atoms with Gasteiger partial charge in [0.05, 0.1) is 24.3 Å². The van der Waals surface area contributed by atoms with Crippen LogP contribution in [-0.4, -0.2) is 42.0 Å². The highest BCUT2D eigenvalue weighted by molar-refractivity contribution is 6.31. The maximum absolute atomic E-state index is 13.0. The largest absolute Gasteiger partial charge is 0.495 e. The first kappa shape index (κ1) is 21.2. The van der Waals surface area contributed by atoms with E-state index in [0.717, 1.165) is 25.9 Å². The van der Waals surface area contributed by atoms with Gasteiger partial charge in [-0.3, -0.25) is 19.4 Å². The second kappa shape index (κ2) is 8.58. The van der Waals surface area contributed by atoms with Crippen LogP contribution < -0.4 is 25.8 Å². The predicted molar refractivity (Wildman–Crippen MR) is 118 cm³/mol. The Morgan fingerprint density at radius 3 is 2.74 bits per heavy atom. The molecule has 2 amide bonds. The van der Waals surface area contributed by atoms with Gasteiger partial charge in [0.15, 0.2) is 0 Å². The minimum atomic E-state index is -0.987. The Kier molecular flexibility index (Phi) is 5.86. The van der Waals surface area contributed by atoms with E-state index in [0.29, 0.717) is 28.3 Å². The molecular formula is C21H24ClN5O4. The lowest BCUT2D eigenvalue weighted by Crippen LogP contribution is -2.39. The van der Waals surface area contributed by atoms with Crippen molar-refractivity contribution in [2.24, 2.45) is 5.92 Å². The van der Waals surface area contributed by atoms with E-state index in [1.165, 1.54) is 7.11 Å². The fraction of sp³-hybridized carbons (Fsp3) is 0.429. The molecule has 0 aliphatic carbocycles. The summed E-state index contributed by atoms with van der Waals surface area (Å²) in [6.07, 6.45) is 1.84. The van der Waals surface area contributed by atoms with Crippen LogP contribution in [0.4, 0.5) is 17.5 Å². The van der Waals surface area contributed by atoms with Gasteiger partial charge in [0.25, 0.3) is 5.56 Å². The molecule has 3 N–H and O–H groups in total. The summed E-state index contributed by atoms with van der Waals surface area (Å²) in [4.78, 5) is 47.6. The number of fused-ring (bicyclic) bond motifs is 1. The molecule has 1 aromatic heterocycles. The number of carbonyl (C=O) groups excluding carboxylic acids is 2. The van der Waals surface area contributed by atoms with Crippen LogP contribution in [0.2, 0.25) is 5.02 Å². The molecule has 164 valence electrons. The summed E-state index contributed by atoms with van der Waals surface area (Å²) in [6, 6.07) is 4.81. The Hall–Kier alpha value is -3.07. The van der Waals surface area contributed by atoms with Gasteiger partial charge in [-0.05, 0) is 37.0 Å². The Morgan fingerprint density at radius 2 is 2.03 bits per heavy atom. The quantitative estimate of drug-likeness (QED) is 0.666. The van der Waals surface area contributed by atoms with Crippen LogP contribution in [0.1, 0.15) is 37.7 Å². The van der Waals surface area contributed by atoms with Crippen molar-refractivity contribution >= 4 is 40.9 Å². The molecule has 1 unspecified atom stereocenters. The van der Waals surface area contributed by atoms with Crippen LogP contribution in [0.25, 0.3) is 0 Å². The average molecular weight is 446 g/mol. The molecule has 1 atom stereocenters. The van der Waals surface area contributed by atoms with Crippen molar-refractivity contribution < 1.29 is 14.3 Å². The second-order valence-electron chi connectivity index (χ2n) is 7.96. The molecule has 10 heteroatoms. The standard InChI is InChI=1S/C21H24ClN5O4/c1-11-5-7-27(8-6-11)21-25-18-17(20(30)26-21)13(10-16(28)24-18)19(29)23-14-9-12(22)3-4-15(14)31-2/h3-4,9,11,13H,5-8,10H2,1-2H3,(H,23,29)(H2,24,25,26,28,30). The zero-order valence-corrected chi connectivity index (χ0v) is 18.1. The van der Waals surface area contributed by atoms with E-state index < -0.39 is 17.4 Å². The van der Waals surface area contributed by atoms with E-state index in [9.17, 15) is 14.4 Å². The SMILES string of the molecule is COc1ccc(Cl)cc1NC(=O)C1CC(=O)Nc2nc(N3CCC(C)CC3)[nH]c(=O)c21. The number of nitrogens with one attached hydrogen (secondary N) is 3. The number of ether oxygens (including phenoxy) is 1. The number of nitrogens with zero attached hydrogens (tertiary/aromatic N) is 2. The number of aromatic nitrogens is 2. The topological polar surface area (TPSA) is 116 Å². The molecule has 1 aromatic carbocycles. The second-order valence-corrected chi connectivity index (χ2v) is 8.40. The Balaban J connectivity index is 1.64. The smallest absolute Gasteiger partial charge is 0.258 e. The molecule has 9 nitrogen and oxygen atoms in total. The number of aromatic amines is 1. The Labute approximate surface area is 184 Å².